The van der Waals surface area contributed by atoms with Gasteiger partial charge in [0.05, 0.1) is 15.5 Å². The lowest BCUT2D eigenvalue weighted by atomic mass is 10.0. The van der Waals surface area contributed by atoms with Crippen molar-refractivity contribution in [2.24, 2.45) is 27.6 Å². The van der Waals surface area contributed by atoms with Gasteiger partial charge in [0.1, 0.15) is 4.91 Å². The summed E-state index contributed by atoms with van der Waals surface area (Å²) >= 11 is 0. The summed E-state index contributed by atoms with van der Waals surface area (Å²) in [5, 5.41) is 43.7. The fourth-order valence-corrected chi connectivity index (χ4v) is 2.93. The van der Waals surface area contributed by atoms with Crippen LogP contribution in [0.1, 0.15) is 0 Å². The number of nitrogens with one attached hydrogen (secondary N) is 1. The molecule has 3 rings (SSSR count). The van der Waals surface area contributed by atoms with Crippen molar-refractivity contribution in [3.05, 3.63) is 73.7 Å². The minimum absolute atomic E-state index is 0.0237. The summed E-state index contributed by atoms with van der Waals surface area (Å²) in [5.74, 6) is -5.60. The van der Waals surface area contributed by atoms with E-state index in [9.17, 15) is 34.6 Å². The van der Waals surface area contributed by atoms with Crippen LogP contribution in [0.25, 0.3) is 0 Å². The van der Waals surface area contributed by atoms with Gasteiger partial charge in [0, 0.05) is 30.0 Å². The maximum atomic E-state index is 13.0. The van der Waals surface area contributed by atoms with E-state index in [1.807, 2.05) is 0 Å². The number of guanidine groups is 1. The molecule has 7 N–H and O–H groups in total. The van der Waals surface area contributed by atoms with E-state index in [0.29, 0.717) is 4.90 Å². The number of rotatable bonds is 6. The maximum Gasteiger partial charge on any atom is 0.472 e. The van der Waals surface area contributed by atoms with Crippen LogP contribution in [-0.4, -0.2) is 54.7 Å². The predicted octanol–water partition coefficient (Wildman–Crippen LogP) is -0.196. The van der Waals surface area contributed by atoms with Gasteiger partial charge in [0.2, 0.25) is 11.9 Å². The summed E-state index contributed by atoms with van der Waals surface area (Å²) in [5.41, 5.74) is 8.84. The molecular formula is C18H16N9O10+. The molecule has 2 aromatic rings. The highest BCUT2D eigenvalue weighted by Crippen LogP contribution is 2.29. The zero-order valence-electron chi connectivity index (χ0n) is 18.2. The molecule has 1 aliphatic rings. The number of hydrogen-bond acceptors (Lipinski definition) is 10. The van der Waals surface area contributed by atoms with Crippen LogP contribution in [-0.2, 0) is 14.4 Å². The van der Waals surface area contributed by atoms with Gasteiger partial charge in [-0.05, 0) is 12.1 Å². The van der Waals surface area contributed by atoms with Crippen LogP contribution < -0.4 is 21.7 Å². The second-order valence-electron chi connectivity index (χ2n) is 6.75. The van der Waals surface area contributed by atoms with Crippen LogP contribution in [0.3, 0.4) is 0 Å². The topological polar surface area (TPSA) is 290 Å². The number of nitrogens with two attached hydrogens (primary N) is 2. The van der Waals surface area contributed by atoms with Crippen LogP contribution in [0, 0.1) is 31.1 Å². The molecule has 0 saturated carbocycles. The zero-order valence-corrected chi connectivity index (χ0v) is 18.2. The van der Waals surface area contributed by atoms with E-state index in [2.05, 4.69) is 15.5 Å². The highest BCUT2D eigenvalue weighted by Gasteiger charge is 2.50. The maximum absolute atomic E-state index is 13.0. The largest absolute Gasteiger partial charge is 0.472 e. The first kappa shape index (κ1) is 27.2. The number of nitro groups is 2. The summed E-state index contributed by atoms with van der Waals surface area (Å²) < 4.78 is 0. The van der Waals surface area contributed by atoms with E-state index in [0.717, 1.165) is 18.2 Å². The van der Waals surface area contributed by atoms with Gasteiger partial charge in [-0.3, -0.25) is 34.6 Å². The Morgan fingerprint density at radius 1 is 0.973 bits per heavy atom. The van der Waals surface area contributed by atoms with Gasteiger partial charge in [-0.2, -0.15) is 0 Å². The molecule has 1 atom stereocenters. The first-order chi connectivity index (χ1) is 17.3. The van der Waals surface area contributed by atoms with Crippen molar-refractivity contribution in [3.8, 4) is 0 Å². The molecule has 1 unspecified atom stereocenters. The number of carbonyl (C=O) groups excluding carboxylic acids is 3. The van der Waals surface area contributed by atoms with Crippen LogP contribution in [0.15, 0.2) is 58.7 Å². The van der Waals surface area contributed by atoms with Crippen molar-refractivity contribution in [1.82, 2.24) is 0 Å². The molecule has 1 fully saturated rings. The Labute approximate surface area is 204 Å². The van der Waals surface area contributed by atoms with Crippen LogP contribution in [0.2, 0.25) is 0 Å². The third-order valence-corrected chi connectivity index (χ3v) is 4.32. The molecule has 1 saturated heterocycles. The second-order valence-corrected chi connectivity index (χ2v) is 6.75. The van der Waals surface area contributed by atoms with E-state index in [1.54, 1.807) is 0 Å². The van der Waals surface area contributed by atoms with Gasteiger partial charge in [-0.25, -0.2) is 15.3 Å². The van der Waals surface area contributed by atoms with Crippen LogP contribution in [0.4, 0.5) is 22.7 Å². The van der Waals surface area contributed by atoms with Gasteiger partial charge in [0.25, 0.3) is 23.2 Å². The fraction of sp³-hybridized carbons (Fsp3) is 0.0556. The molecule has 19 heteroatoms. The number of nitrogens with zero attached hydrogens (tertiary/aromatic N) is 6. The summed E-state index contributed by atoms with van der Waals surface area (Å²) in [4.78, 5) is 68.4. The van der Waals surface area contributed by atoms with Crippen molar-refractivity contribution >= 4 is 52.1 Å². The number of hydrogen-bond donors (Lipinski definition) is 5. The minimum Gasteiger partial charge on any atom is -0.369 e. The molecule has 3 amide bonds. The summed E-state index contributed by atoms with van der Waals surface area (Å²) in [7, 11) is 0. The van der Waals surface area contributed by atoms with Gasteiger partial charge in [0.15, 0.2) is 11.6 Å². The Kier molecular flexibility index (Phi) is 8.40. The number of carbonyl (C=O) groups is 3. The number of benzene rings is 2. The smallest absolute Gasteiger partial charge is 0.369 e. The average molecular weight is 518 g/mol. The van der Waals surface area contributed by atoms with Gasteiger partial charge < -0.3 is 16.8 Å². The molecule has 2 aromatic carbocycles. The van der Waals surface area contributed by atoms with E-state index in [4.69, 9.17) is 26.8 Å². The summed E-state index contributed by atoms with van der Waals surface area (Å²) in [6.45, 7) is 0. The monoisotopic (exact) mass is 518 g/mol. The number of non-ortho nitro benzene ring substituents is 2. The highest BCUT2D eigenvalue weighted by molar-refractivity contribution is 6.61. The molecule has 1 heterocycles. The van der Waals surface area contributed by atoms with E-state index >= 15 is 0 Å². The molecule has 37 heavy (non-hydrogen) atoms. The molecule has 0 aromatic heterocycles. The molecule has 0 aliphatic carbocycles. The minimum atomic E-state index is -1.83. The fourth-order valence-electron chi connectivity index (χ4n) is 2.93. The highest BCUT2D eigenvalue weighted by atomic mass is 16.9. The van der Waals surface area contributed by atoms with E-state index < -0.39 is 55.9 Å². The molecule has 19 nitrogen and oxygen atoms in total. The Morgan fingerprint density at radius 2 is 1.51 bits per heavy atom. The molecule has 0 spiro atoms. The zero-order chi connectivity index (χ0) is 27.9. The van der Waals surface area contributed by atoms with Crippen molar-refractivity contribution < 1.29 is 39.7 Å². The first-order valence-electron chi connectivity index (χ1n) is 9.53. The lowest BCUT2D eigenvalue weighted by Gasteiger charge is -2.14. The molecular weight excluding hydrogens is 502 g/mol. The normalized spacial score (nSPS) is 15.4. The Balaban J connectivity index is 0.00000112. The van der Waals surface area contributed by atoms with E-state index in [-0.39, 0.29) is 17.1 Å². The Bertz CT molecular complexity index is 1350. The number of anilines is 2. The van der Waals surface area contributed by atoms with Crippen LogP contribution in [0.5, 0.6) is 0 Å². The van der Waals surface area contributed by atoms with Crippen molar-refractivity contribution in [2.75, 3.05) is 10.2 Å². The molecule has 192 valence electrons. The average Bonchev–Trinajstić information content (AvgIpc) is 3.06. The number of amides is 3. The SMILES string of the molecule is NC(N)=N/N=C1\C(=O)N(c2cccc([N+](=O)[O-])c2)C(=O)C1C(=O)Nc1cccc([N+](=O)[O-])c1.O=[N+](O)O. The quantitative estimate of drug-likeness (QED) is 0.0829. The van der Waals surface area contributed by atoms with Crippen molar-refractivity contribution in [3.63, 3.8) is 0 Å². The molecule has 0 radical (unpaired) electrons. The number of nitro benzene ring substituents is 2. The number of imide groups is 1. The Hall–Kier alpha value is -6.01. The molecule has 1 aliphatic heterocycles. The lowest BCUT2D eigenvalue weighted by Crippen LogP contribution is -2.34. The van der Waals surface area contributed by atoms with Gasteiger partial charge >= 0.3 is 5.09 Å². The predicted molar refractivity (Wildman–Crippen MR) is 121 cm³/mol. The van der Waals surface area contributed by atoms with Gasteiger partial charge in [-0.1, -0.05) is 12.1 Å². The van der Waals surface area contributed by atoms with Crippen molar-refractivity contribution in [2.45, 2.75) is 0 Å². The third kappa shape index (κ3) is 6.75. The Morgan fingerprint density at radius 3 is 2.05 bits per heavy atom. The molecule has 0 bridgehead atoms. The third-order valence-electron chi connectivity index (χ3n) is 4.32. The first-order valence-corrected chi connectivity index (χ1v) is 9.53. The second kappa shape index (κ2) is 11.4. The standard InChI is InChI=1S/C18H14N8O7.H2NO3/c19-18(20)23-22-14-13(15(27)21-9-3-1-5-11(7-9)25(30)31)16(28)24(17(14)29)10-4-2-6-12(8-10)26(32)33;2-1(3)4/h1-8,13H,(H,21,27)(H4,19,20,23);(H2,2,3,4)/q;+1/b22-14-;. The van der Waals surface area contributed by atoms with Crippen LogP contribution >= 0.6 is 0 Å². The van der Waals surface area contributed by atoms with Crippen molar-refractivity contribution in [1.29, 1.82) is 0 Å². The summed E-state index contributed by atoms with van der Waals surface area (Å²) in [6.07, 6.45) is 0. The summed E-state index contributed by atoms with van der Waals surface area (Å²) in [6, 6.07) is 9.49. The lowest BCUT2D eigenvalue weighted by molar-refractivity contribution is -0.969. The van der Waals surface area contributed by atoms with Gasteiger partial charge in [-0.15, -0.1) is 10.2 Å². The van der Waals surface area contributed by atoms with E-state index in [1.165, 1.54) is 30.3 Å².